The van der Waals surface area contributed by atoms with Crippen LogP contribution in [0.2, 0.25) is 0 Å². The third-order valence-electron chi connectivity index (χ3n) is 11.1. The van der Waals surface area contributed by atoms with E-state index < -0.39 is 71.0 Å². The van der Waals surface area contributed by atoms with Crippen LogP contribution in [0.4, 0.5) is 0 Å². The number of benzene rings is 4. The van der Waals surface area contributed by atoms with E-state index >= 15 is 0 Å². The molecule has 3 aliphatic heterocycles. The lowest BCUT2D eigenvalue weighted by molar-refractivity contribution is -0.159. The predicted octanol–water partition coefficient (Wildman–Crippen LogP) is 9.88. The normalized spacial score (nSPS) is 20.3. The van der Waals surface area contributed by atoms with Crippen LogP contribution in [0.5, 0.6) is 0 Å². The van der Waals surface area contributed by atoms with E-state index in [1.807, 2.05) is 54.6 Å². The Balaban J connectivity index is 0.000000253. The van der Waals surface area contributed by atoms with Gasteiger partial charge in [-0.2, -0.15) is 0 Å². The van der Waals surface area contributed by atoms with Gasteiger partial charge < -0.3 is 38.6 Å². The van der Waals surface area contributed by atoms with Crippen molar-refractivity contribution < 1.29 is 57.6 Å². The van der Waals surface area contributed by atoms with Gasteiger partial charge in [0.1, 0.15) is 23.3 Å². The highest BCUT2D eigenvalue weighted by atomic mass is 79.9. The standard InChI is InChI=1S/C25H28BrNO5S.C19H25NO6.C6H5BrS.C4H8O/c1-25(2,3)32-21(28)14-19-20(33-18-12-10-17(26)11-13-18)15-27(22(19)24(30)31-4)23(29)16-8-6-5-7-9-16;1-19(2,3)26-15(22)10-13-14(21)11-20(16(13)18(24)25-4)17(23)12-8-6-5-7-9-12;7-5-1-3-6(8)4-2-5;1-2-4-5-3-1/h5-13,19-20,22H,14-15H2,1-4H3;5-9,13-14,16,21H,10-11H2,1-4H3;1-4,8H;1-4H2/t19-,20-,22-;13-,14+,16-;;/m00../s1. The molecule has 0 aromatic heterocycles. The molecule has 2 amide bonds. The fourth-order valence-corrected chi connectivity index (χ4v) is 9.91. The number of methoxy groups -OCH3 is 2. The number of halogens is 2. The number of esters is 4. The van der Waals surface area contributed by atoms with Crippen LogP contribution in [0.25, 0.3) is 0 Å². The highest BCUT2D eigenvalue weighted by Gasteiger charge is 2.51. The number of likely N-dealkylation sites (tertiary alicyclic amines) is 2. The van der Waals surface area contributed by atoms with Crippen molar-refractivity contribution >= 4 is 91.9 Å². The van der Waals surface area contributed by atoms with Crippen LogP contribution in [0.15, 0.2) is 128 Å². The van der Waals surface area contributed by atoms with Crippen molar-refractivity contribution in [3.05, 3.63) is 129 Å². The monoisotopic (exact) mass is 1160 g/mol. The number of thioether (sulfide) groups is 1. The lowest BCUT2D eigenvalue weighted by atomic mass is 9.94. The molecule has 4 aromatic rings. The molecule has 0 bridgehead atoms. The van der Waals surface area contributed by atoms with Crippen molar-refractivity contribution in [1.82, 2.24) is 9.80 Å². The number of hydrogen-bond acceptors (Lipinski definition) is 14. The van der Waals surface area contributed by atoms with E-state index in [0.29, 0.717) is 17.7 Å². The van der Waals surface area contributed by atoms with Crippen LogP contribution in [0, 0.1) is 11.8 Å². The van der Waals surface area contributed by atoms with Gasteiger partial charge in [-0.25, -0.2) is 9.59 Å². The fraction of sp³-hybridized carbons (Fsp3) is 0.444. The molecular weight excluding hydrogens is 1090 g/mol. The molecule has 390 valence electrons. The van der Waals surface area contributed by atoms with Gasteiger partial charge in [-0.15, -0.1) is 24.4 Å². The third kappa shape index (κ3) is 19.3. The highest BCUT2D eigenvalue weighted by molar-refractivity contribution is 9.10. The molecule has 14 nitrogen and oxygen atoms in total. The molecule has 3 aliphatic rings. The molecule has 0 aliphatic carbocycles. The minimum Gasteiger partial charge on any atom is -0.467 e. The first-order valence-electron chi connectivity index (χ1n) is 23.5. The Bertz CT molecular complexity index is 2350. The van der Waals surface area contributed by atoms with Crippen molar-refractivity contribution in [2.24, 2.45) is 11.8 Å². The lowest BCUT2D eigenvalue weighted by Gasteiger charge is -2.27. The number of carbonyl (C=O) groups excluding carboxylic acids is 6. The van der Waals surface area contributed by atoms with Gasteiger partial charge in [0.05, 0.1) is 33.2 Å². The van der Waals surface area contributed by atoms with E-state index in [4.69, 9.17) is 23.7 Å². The topological polar surface area (TPSA) is 175 Å². The number of β-amino-alcohol motifs (C(OH)–C–C–N with tert-alkyl or cyclic N) is 1. The molecule has 7 rings (SSSR count). The summed E-state index contributed by atoms with van der Waals surface area (Å²) in [6, 6.07) is 31.0. The van der Waals surface area contributed by atoms with Gasteiger partial charge in [0.25, 0.3) is 11.8 Å². The summed E-state index contributed by atoms with van der Waals surface area (Å²) in [5.41, 5.74) is -0.450. The molecule has 72 heavy (non-hydrogen) atoms. The zero-order chi connectivity index (χ0) is 53.2. The third-order valence-corrected chi connectivity index (χ3v) is 13.8. The summed E-state index contributed by atoms with van der Waals surface area (Å²) in [4.78, 5) is 81.1. The Morgan fingerprint density at radius 1 is 0.625 bits per heavy atom. The number of hydrogen-bond donors (Lipinski definition) is 2. The largest absolute Gasteiger partial charge is 0.467 e. The van der Waals surface area contributed by atoms with Crippen molar-refractivity contribution in [3.63, 3.8) is 0 Å². The second-order valence-corrected chi connectivity index (χ2v) is 22.6. The maximum absolute atomic E-state index is 13.4. The average molecular weight is 1160 g/mol. The number of amides is 2. The molecule has 4 aromatic carbocycles. The van der Waals surface area contributed by atoms with Gasteiger partial charge in [-0.3, -0.25) is 19.2 Å². The molecule has 3 fully saturated rings. The molecule has 0 unspecified atom stereocenters. The van der Waals surface area contributed by atoms with Crippen molar-refractivity contribution in [2.75, 3.05) is 40.5 Å². The van der Waals surface area contributed by atoms with Gasteiger partial charge in [-0.1, -0.05) is 68.3 Å². The molecule has 0 saturated carbocycles. The van der Waals surface area contributed by atoms with Crippen LogP contribution in [-0.2, 0) is 42.9 Å². The molecule has 3 heterocycles. The van der Waals surface area contributed by atoms with E-state index in [-0.39, 0.29) is 30.5 Å². The lowest BCUT2D eigenvalue weighted by Crippen LogP contribution is -2.44. The number of ether oxygens (including phenoxy) is 5. The number of aliphatic hydroxyl groups excluding tert-OH is 1. The number of nitrogens with zero attached hydrogens (tertiary/aromatic N) is 2. The summed E-state index contributed by atoms with van der Waals surface area (Å²) < 4.78 is 27.7. The summed E-state index contributed by atoms with van der Waals surface area (Å²) in [6.07, 6.45) is 1.35. The van der Waals surface area contributed by atoms with Gasteiger partial charge in [-0.05, 0) is 127 Å². The molecule has 0 radical (unpaired) electrons. The molecule has 1 N–H and O–H groups in total. The van der Waals surface area contributed by atoms with E-state index in [1.54, 1.807) is 108 Å². The maximum Gasteiger partial charge on any atom is 0.329 e. The summed E-state index contributed by atoms with van der Waals surface area (Å²) in [5, 5.41) is 10.2. The summed E-state index contributed by atoms with van der Waals surface area (Å²) in [6.45, 7) is 12.9. The molecule has 6 atom stereocenters. The first-order valence-corrected chi connectivity index (χ1v) is 26.4. The number of rotatable bonds is 10. The average Bonchev–Trinajstić information content (AvgIpc) is 4.11. The zero-order valence-electron chi connectivity index (χ0n) is 42.0. The quantitative estimate of drug-likeness (QED) is 0.0873. The minimum absolute atomic E-state index is 0.00377. The van der Waals surface area contributed by atoms with Crippen LogP contribution < -0.4 is 0 Å². The van der Waals surface area contributed by atoms with E-state index in [1.165, 1.54) is 36.9 Å². The molecule has 3 saturated heterocycles. The SMILES string of the molecule is C1CCOC1.COC(=O)[C@@H]1[C@@H](CC(=O)OC(C)(C)C)[C@@H](Sc2ccc(Br)cc2)CN1C(=O)c1ccccc1.COC(=O)[C@@H]1[C@@H](CC(=O)OC(C)(C)C)[C@H](O)CN1C(=O)c1ccccc1.Sc1ccc(Br)cc1. The smallest absolute Gasteiger partial charge is 0.329 e. The van der Waals surface area contributed by atoms with Crippen LogP contribution >= 0.6 is 56.3 Å². The van der Waals surface area contributed by atoms with Gasteiger partial charge >= 0.3 is 23.9 Å². The molecular formula is C54H66Br2N2O12S2. The number of aliphatic hydroxyl groups is 1. The van der Waals surface area contributed by atoms with Crippen LogP contribution in [-0.4, -0.2) is 126 Å². The summed E-state index contributed by atoms with van der Waals surface area (Å²) >= 11 is 12.4. The second-order valence-electron chi connectivity index (χ2n) is 19.0. The van der Waals surface area contributed by atoms with E-state index in [9.17, 15) is 33.9 Å². The zero-order valence-corrected chi connectivity index (χ0v) is 46.8. The minimum atomic E-state index is -1.05. The Morgan fingerprint density at radius 2 is 1.03 bits per heavy atom. The first kappa shape index (κ1) is 59.8. The van der Waals surface area contributed by atoms with Crippen molar-refractivity contribution in [2.45, 2.75) is 112 Å². The van der Waals surface area contributed by atoms with Gasteiger partial charge in [0.2, 0.25) is 0 Å². The van der Waals surface area contributed by atoms with E-state index in [2.05, 4.69) is 44.5 Å². The summed E-state index contributed by atoms with van der Waals surface area (Å²) in [7, 11) is 2.51. The van der Waals surface area contributed by atoms with Gasteiger partial charge in [0.15, 0.2) is 0 Å². The Morgan fingerprint density at radius 3 is 1.42 bits per heavy atom. The highest BCUT2D eigenvalue weighted by Crippen LogP contribution is 2.41. The Labute approximate surface area is 449 Å². The summed E-state index contributed by atoms with van der Waals surface area (Å²) in [5.74, 6) is -4.06. The Kier molecular flexibility index (Phi) is 23.8. The molecule has 0 spiro atoms. The van der Waals surface area contributed by atoms with Gasteiger partial charge in [0, 0.05) is 73.3 Å². The van der Waals surface area contributed by atoms with Crippen LogP contribution in [0.1, 0.15) is 87.9 Å². The first-order chi connectivity index (χ1) is 34.0. The molecule has 18 heteroatoms. The Hall–Kier alpha value is -4.72. The predicted molar refractivity (Wildman–Crippen MR) is 286 cm³/mol. The van der Waals surface area contributed by atoms with Crippen molar-refractivity contribution in [1.29, 1.82) is 0 Å². The number of thiol groups is 1. The maximum atomic E-state index is 13.4. The van der Waals surface area contributed by atoms with E-state index in [0.717, 1.165) is 32.0 Å². The number of carbonyl (C=O) groups is 6. The van der Waals surface area contributed by atoms with Crippen molar-refractivity contribution in [3.8, 4) is 0 Å². The fourth-order valence-electron chi connectivity index (χ4n) is 7.93. The van der Waals surface area contributed by atoms with Crippen LogP contribution in [0.3, 0.4) is 0 Å². The second kappa shape index (κ2) is 28.7.